The lowest BCUT2D eigenvalue weighted by molar-refractivity contribution is 0.838. The maximum Gasteiger partial charge on any atom is 0.234 e. The predicted molar refractivity (Wildman–Crippen MR) is 77.0 cm³/mol. The van der Waals surface area contributed by atoms with Crippen molar-refractivity contribution < 1.29 is 0 Å². The van der Waals surface area contributed by atoms with Crippen molar-refractivity contribution in [1.29, 1.82) is 0 Å². The van der Waals surface area contributed by atoms with E-state index in [0.717, 1.165) is 33.3 Å². The Bertz CT molecular complexity index is 734. The van der Waals surface area contributed by atoms with E-state index in [2.05, 4.69) is 15.3 Å². The van der Waals surface area contributed by atoms with Crippen molar-refractivity contribution in [3.63, 3.8) is 0 Å². The fraction of sp³-hybridized carbons (Fsp3) is 0.250. The van der Waals surface area contributed by atoms with E-state index in [4.69, 9.17) is 11.5 Å². The largest absolute Gasteiger partial charge is 0.398 e. The van der Waals surface area contributed by atoms with Crippen molar-refractivity contribution >= 4 is 27.7 Å². The van der Waals surface area contributed by atoms with Gasteiger partial charge in [0.2, 0.25) is 4.96 Å². The quantitative estimate of drug-likeness (QED) is 0.696. The topological polar surface area (TPSA) is 95.1 Å². The van der Waals surface area contributed by atoms with Crippen LogP contribution in [0.4, 0.5) is 11.4 Å². The number of nitrogens with zero attached hydrogens (tertiary/aromatic N) is 4. The van der Waals surface area contributed by atoms with E-state index in [9.17, 15) is 0 Å². The molecule has 2 heterocycles. The molecule has 2 aromatic heterocycles. The zero-order valence-corrected chi connectivity index (χ0v) is 11.5. The summed E-state index contributed by atoms with van der Waals surface area (Å²) < 4.78 is 1.77. The number of nitrogen functional groups attached to an aromatic ring is 2. The van der Waals surface area contributed by atoms with E-state index in [1.54, 1.807) is 4.52 Å². The molecule has 98 valence electrons. The first kappa shape index (κ1) is 11.9. The molecule has 3 aromatic rings. The normalized spacial score (nSPS) is 11.3. The smallest absolute Gasteiger partial charge is 0.234 e. The highest BCUT2D eigenvalue weighted by atomic mass is 32.1. The number of hydrogen-bond donors (Lipinski definition) is 2. The van der Waals surface area contributed by atoms with Gasteiger partial charge in [0, 0.05) is 23.4 Å². The van der Waals surface area contributed by atoms with Gasteiger partial charge in [-0.2, -0.15) is 9.61 Å². The number of benzene rings is 1. The monoisotopic (exact) mass is 274 g/mol. The maximum absolute atomic E-state index is 5.95. The van der Waals surface area contributed by atoms with Crippen molar-refractivity contribution in [2.75, 3.05) is 11.5 Å². The van der Waals surface area contributed by atoms with Crippen LogP contribution >= 0.6 is 11.3 Å². The van der Waals surface area contributed by atoms with Crippen LogP contribution in [0.15, 0.2) is 12.1 Å². The number of hydrogen-bond acceptors (Lipinski definition) is 6. The van der Waals surface area contributed by atoms with E-state index >= 15 is 0 Å². The number of aromatic nitrogens is 4. The Balaban J connectivity index is 2.16. The fourth-order valence-corrected chi connectivity index (χ4v) is 2.72. The minimum absolute atomic E-state index is 0.677. The summed E-state index contributed by atoms with van der Waals surface area (Å²) in [6.07, 6.45) is 0.794. The number of rotatable bonds is 2. The van der Waals surface area contributed by atoms with Gasteiger partial charge < -0.3 is 11.5 Å². The van der Waals surface area contributed by atoms with Gasteiger partial charge in [0.25, 0.3) is 0 Å². The van der Waals surface area contributed by atoms with Crippen molar-refractivity contribution in [2.24, 2.45) is 0 Å². The molecule has 3 rings (SSSR count). The van der Waals surface area contributed by atoms with Crippen molar-refractivity contribution in [3.05, 3.63) is 23.5 Å². The number of anilines is 2. The minimum atomic E-state index is 0.677. The van der Waals surface area contributed by atoms with Crippen LogP contribution in [0.5, 0.6) is 0 Å². The summed E-state index contributed by atoms with van der Waals surface area (Å²) in [5, 5.41) is 13.5. The first-order chi connectivity index (χ1) is 9.10. The van der Waals surface area contributed by atoms with Gasteiger partial charge >= 0.3 is 0 Å². The summed E-state index contributed by atoms with van der Waals surface area (Å²) in [4.78, 5) is 0.782. The summed E-state index contributed by atoms with van der Waals surface area (Å²) in [6.45, 7) is 3.93. The zero-order valence-electron chi connectivity index (χ0n) is 10.7. The second-order valence-corrected chi connectivity index (χ2v) is 5.31. The second kappa shape index (κ2) is 4.20. The van der Waals surface area contributed by atoms with Crippen LogP contribution in [0.1, 0.15) is 18.3 Å². The first-order valence-corrected chi connectivity index (χ1v) is 6.79. The number of fused-ring (bicyclic) bond motifs is 1. The molecule has 4 N–H and O–H groups in total. The van der Waals surface area contributed by atoms with E-state index in [1.165, 1.54) is 11.3 Å². The molecule has 0 saturated carbocycles. The van der Waals surface area contributed by atoms with E-state index in [1.807, 2.05) is 26.0 Å². The lowest BCUT2D eigenvalue weighted by Gasteiger charge is -2.06. The SMILES string of the molecule is CCc1nnc2sc(-c3cc(N)c(C)c(N)c3)nn12. The summed E-state index contributed by atoms with van der Waals surface area (Å²) in [5.74, 6) is 0.852. The lowest BCUT2D eigenvalue weighted by atomic mass is 10.1. The van der Waals surface area contributed by atoms with Crippen LogP contribution in [0.3, 0.4) is 0 Å². The van der Waals surface area contributed by atoms with Gasteiger partial charge in [0.05, 0.1) is 0 Å². The number of aryl methyl sites for hydroxylation is 1. The Morgan fingerprint density at radius 3 is 2.53 bits per heavy atom. The van der Waals surface area contributed by atoms with E-state index < -0.39 is 0 Å². The molecule has 0 amide bonds. The summed E-state index contributed by atoms with van der Waals surface area (Å²) >= 11 is 1.48. The molecule has 7 heteroatoms. The van der Waals surface area contributed by atoms with Gasteiger partial charge in [-0.05, 0) is 24.6 Å². The van der Waals surface area contributed by atoms with Gasteiger partial charge in [0.15, 0.2) is 5.82 Å². The van der Waals surface area contributed by atoms with Crippen LogP contribution in [-0.2, 0) is 6.42 Å². The Morgan fingerprint density at radius 2 is 1.89 bits per heavy atom. The molecule has 0 atom stereocenters. The molecular formula is C12H14N6S. The molecule has 0 unspecified atom stereocenters. The van der Waals surface area contributed by atoms with E-state index in [0.29, 0.717) is 11.4 Å². The first-order valence-electron chi connectivity index (χ1n) is 5.97. The molecule has 0 aliphatic heterocycles. The van der Waals surface area contributed by atoms with Crippen LogP contribution < -0.4 is 11.5 Å². The molecule has 1 aromatic carbocycles. The average molecular weight is 274 g/mol. The van der Waals surface area contributed by atoms with Crippen molar-refractivity contribution in [1.82, 2.24) is 19.8 Å². The molecule has 0 radical (unpaired) electrons. The van der Waals surface area contributed by atoms with Crippen LogP contribution in [0.25, 0.3) is 15.5 Å². The minimum Gasteiger partial charge on any atom is -0.398 e. The van der Waals surface area contributed by atoms with Crippen molar-refractivity contribution in [3.8, 4) is 10.6 Å². The molecule has 0 aliphatic rings. The third-order valence-electron chi connectivity index (χ3n) is 3.11. The van der Waals surface area contributed by atoms with Crippen LogP contribution in [0.2, 0.25) is 0 Å². The predicted octanol–water partition coefficient (Wildman–Crippen LogP) is 1.89. The highest BCUT2D eigenvalue weighted by Crippen LogP contribution is 2.31. The molecule has 19 heavy (non-hydrogen) atoms. The van der Waals surface area contributed by atoms with Crippen LogP contribution in [-0.4, -0.2) is 19.8 Å². The summed E-state index contributed by atoms with van der Waals surface area (Å²) in [7, 11) is 0. The maximum atomic E-state index is 5.95. The van der Waals surface area contributed by atoms with Gasteiger partial charge in [-0.1, -0.05) is 18.3 Å². The Labute approximate surface area is 114 Å². The van der Waals surface area contributed by atoms with Crippen molar-refractivity contribution in [2.45, 2.75) is 20.3 Å². The Hall–Kier alpha value is -2.15. The molecule has 0 spiro atoms. The van der Waals surface area contributed by atoms with Gasteiger partial charge in [-0.15, -0.1) is 10.2 Å². The summed E-state index contributed by atoms with van der Waals surface area (Å²) in [5.41, 5.74) is 15.1. The average Bonchev–Trinajstić information content (AvgIpc) is 2.94. The fourth-order valence-electron chi connectivity index (χ4n) is 1.88. The summed E-state index contributed by atoms with van der Waals surface area (Å²) in [6, 6.07) is 3.78. The third kappa shape index (κ3) is 1.82. The van der Waals surface area contributed by atoms with Gasteiger partial charge in [-0.3, -0.25) is 0 Å². The molecule has 0 aliphatic carbocycles. The Morgan fingerprint density at radius 1 is 1.21 bits per heavy atom. The zero-order chi connectivity index (χ0) is 13.6. The van der Waals surface area contributed by atoms with Gasteiger partial charge in [0.1, 0.15) is 5.01 Å². The Kier molecular flexibility index (Phi) is 2.63. The molecule has 0 saturated heterocycles. The third-order valence-corrected chi connectivity index (χ3v) is 4.05. The standard InChI is InChI=1S/C12H14N6S/c1-3-10-15-16-12-18(10)17-11(19-12)7-4-8(13)6(2)9(14)5-7/h4-5H,3,13-14H2,1-2H3. The molecule has 6 nitrogen and oxygen atoms in total. The van der Waals surface area contributed by atoms with Gasteiger partial charge in [-0.25, -0.2) is 0 Å². The molecule has 0 fully saturated rings. The molecule has 0 bridgehead atoms. The lowest BCUT2D eigenvalue weighted by Crippen LogP contribution is -1.97. The highest BCUT2D eigenvalue weighted by Gasteiger charge is 2.13. The van der Waals surface area contributed by atoms with Crippen LogP contribution in [0, 0.1) is 6.92 Å². The molecular weight excluding hydrogens is 260 g/mol. The van der Waals surface area contributed by atoms with E-state index in [-0.39, 0.29) is 0 Å². The second-order valence-electron chi connectivity index (χ2n) is 4.35. The highest BCUT2D eigenvalue weighted by molar-refractivity contribution is 7.19. The number of nitrogens with two attached hydrogens (primary N) is 2.